The molecule has 3 nitrogen and oxygen atoms in total. The second kappa shape index (κ2) is 3.33. The molecule has 13 heavy (non-hydrogen) atoms. The van der Waals surface area contributed by atoms with E-state index in [1.165, 1.54) is 0 Å². The second-order valence-corrected chi connectivity index (χ2v) is 5.09. The Hall–Kier alpha value is -0.510. The third-order valence-electron chi connectivity index (χ3n) is 2.82. The zero-order valence-corrected chi connectivity index (χ0v) is 8.47. The fourth-order valence-electron chi connectivity index (χ4n) is 2.04. The molecule has 0 saturated carbocycles. The third kappa shape index (κ3) is 1.47. The van der Waals surface area contributed by atoms with E-state index in [1.807, 2.05) is 11.8 Å². The molecule has 2 aliphatic heterocycles. The summed E-state index contributed by atoms with van der Waals surface area (Å²) in [6.07, 6.45) is 1.47. The van der Waals surface area contributed by atoms with Crippen LogP contribution in [0.5, 0.6) is 0 Å². The molecule has 72 valence electrons. The Morgan fingerprint density at radius 3 is 2.69 bits per heavy atom. The number of carbonyl (C=O) groups excluding carboxylic acids is 2. The smallest absolute Gasteiger partial charge is 0.290 e. The van der Waals surface area contributed by atoms with Crippen molar-refractivity contribution in [2.45, 2.75) is 31.1 Å². The first kappa shape index (κ1) is 9.06. The highest BCUT2D eigenvalue weighted by atomic mass is 32.2. The number of rotatable bonds is 1. The van der Waals surface area contributed by atoms with Crippen LogP contribution in [0.1, 0.15) is 19.8 Å². The van der Waals surface area contributed by atoms with Gasteiger partial charge in [0, 0.05) is 24.3 Å². The summed E-state index contributed by atoms with van der Waals surface area (Å²) in [5.41, 5.74) is 0. The van der Waals surface area contributed by atoms with E-state index in [4.69, 9.17) is 0 Å². The van der Waals surface area contributed by atoms with Crippen LogP contribution in [0.15, 0.2) is 0 Å². The van der Waals surface area contributed by atoms with Gasteiger partial charge in [-0.25, -0.2) is 0 Å². The van der Waals surface area contributed by atoms with Gasteiger partial charge in [-0.2, -0.15) is 11.8 Å². The molecular formula is C9H13NO2S. The van der Waals surface area contributed by atoms with Gasteiger partial charge >= 0.3 is 0 Å². The zero-order valence-electron chi connectivity index (χ0n) is 7.66. The van der Waals surface area contributed by atoms with E-state index >= 15 is 0 Å². The number of carbonyl (C=O) groups is 2. The second-order valence-electron chi connectivity index (χ2n) is 3.60. The summed E-state index contributed by atoms with van der Waals surface area (Å²) in [4.78, 5) is 24.2. The van der Waals surface area contributed by atoms with Crippen LogP contribution in [-0.4, -0.2) is 40.2 Å². The predicted molar refractivity (Wildman–Crippen MR) is 51.7 cm³/mol. The van der Waals surface area contributed by atoms with Gasteiger partial charge in [-0.3, -0.25) is 9.59 Å². The van der Waals surface area contributed by atoms with Crippen LogP contribution in [0.2, 0.25) is 0 Å². The number of nitrogens with zero attached hydrogens (tertiary/aromatic N) is 1. The molecule has 0 spiro atoms. The third-order valence-corrected chi connectivity index (χ3v) is 4.13. The molecule has 4 heteroatoms. The maximum Gasteiger partial charge on any atom is 0.290 e. The average Bonchev–Trinajstić information content (AvgIpc) is 2.62. The molecule has 0 bridgehead atoms. The van der Waals surface area contributed by atoms with Gasteiger partial charge in [0.05, 0.1) is 0 Å². The van der Waals surface area contributed by atoms with E-state index in [1.54, 1.807) is 4.90 Å². The number of thioether (sulfide) groups is 1. The van der Waals surface area contributed by atoms with Gasteiger partial charge in [0.25, 0.3) is 5.91 Å². The normalized spacial score (nSPS) is 34.7. The highest BCUT2D eigenvalue weighted by Gasteiger charge is 2.38. The predicted octanol–water partition coefficient (Wildman–Crippen LogP) is 0.682. The number of ketones is 1. The van der Waals surface area contributed by atoms with E-state index in [0.717, 1.165) is 12.2 Å². The lowest BCUT2D eigenvalue weighted by atomic mass is 10.1. The number of hydrogen-bond donors (Lipinski definition) is 0. The Balaban J connectivity index is 2.09. The van der Waals surface area contributed by atoms with Crippen molar-refractivity contribution in [3.8, 4) is 0 Å². The van der Waals surface area contributed by atoms with Crippen LogP contribution < -0.4 is 0 Å². The number of likely N-dealkylation sites (tertiary alicyclic amines) is 1. The maximum atomic E-state index is 11.4. The zero-order chi connectivity index (χ0) is 9.42. The van der Waals surface area contributed by atoms with Crippen LogP contribution in [0, 0.1) is 0 Å². The highest BCUT2D eigenvalue weighted by Crippen LogP contribution is 2.31. The molecule has 2 rings (SSSR count). The highest BCUT2D eigenvalue weighted by molar-refractivity contribution is 8.00. The fraction of sp³-hybridized carbons (Fsp3) is 0.778. The summed E-state index contributed by atoms with van der Waals surface area (Å²) < 4.78 is 0. The van der Waals surface area contributed by atoms with Crippen molar-refractivity contribution in [1.82, 2.24) is 4.90 Å². The molecule has 0 radical (unpaired) electrons. The monoisotopic (exact) mass is 199 g/mol. The van der Waals surface area contributed by atoms with Crippen LogP contribution in [0.25, 0.3) is 0 Å². The van der Waals surface area contributed by atoms with Gasteiger partial charge in [0.15, 0.2) is 0 Å². The van der Waals surface area contributed by atoms with Crippen LogP contribution in [0.3, 0.4) is 0 Å². The van der Waals surface area contributed by atoms with Crippen molar-refractivity contribution < 1.29 is 9.59 Å². The Bertz CT molecular complexity index is 254. The average molecular weight is 199 g/mol. The first-order chi connectivity index (χ1) is 6.20. The lowest BCUT2D eigenvalue weighted by Crippen LogP contribution is -2.40. The van der Waals surface area contributed by atoms with Gasteiger partial charge in [-0.15, -0.1) is 0 Å². The van der Waals surface area contributed by atoms with E-state index in [9.17, 15) is 9.59 Å². The summed E-state index contributed by atoms with van der Waals surface area (Å²) in [5.74, 6) is 0.660. The molecule has 2 atom stereocenters. The number of hydrogen-bond acceptors (Lipinski definition) is 3. The summed E-state index contributed by atoms with van der Waals surface area (Å²) in [6, 6.07) is 0.309. The minimum Gasteiger partial charge on any atom is -0.332 e. The van der Waals surface area contributed by atoms with Gasteiger partial charge in [0.1, 0.15) is 0 Å². The first-order valence-electron chi connectivity index (χ1n) is 4.65. The summed E-state index contributed by atoms with van der Waals surface area (Å²) in [5, 5.41) is 0.495. The fourth-order valence-corrected chi connectivity index (χ4v) is 3.29. The van der Waals surface area contributed by atoms with Crippen LogP contribution in [-0.2, 0) is 9.59 Å². The van der Waals surface area contributed by atoms with E-state index in [2.05, 4.69) is 6.92 Å². The van der Waals surface area contributed by atoms with Gasteiger partial charge in [0.2, 0.25) is 5.78 Å². The Kier molecular flexibility index (Phi) is 2.32. The van der Waals surface area contributed by atoms with Crippen molar-refractivity contribution in [3.63, 3.8) is 0 Å². The molecule has 0 N–H and O–H groups in total. The molecule has 2 fully saturated rings. The molecule has 2 saturated heterocycles. The van der Waals surface area contributed by atoms with Crippen molar-refractivity contribution in [3.05, 3.63) is 0 Å². The first-order valence-corrected chi connectivity index (χ1v) is 5.70. The maximum absolute atomic E-state index is 11.4. The summed E-state index contributed by atoms with van der Waals surface area (Å²) >= 11 is 1.89. The molecule has 0 aromatic carbocycles. The minimum absolute atomic E-state index is 0.205. The summed E-state index contributed by atoms with van der Waals surface area (Å²) in [6.45, 7) is 2.78. The Labute approximate surface area is 81.9 Å². The van der Waals surface area contributed by atoms with Gasteiger partial charge < -0.3 is 4.90 Å². The van der Waals surface area contributed by atoms with Crippen molar-refractivity contribution in [1.29, 1.82) is 0 Å². The molecule has 0 aromatic rings. The molecule has 1 amide bonds. The van der Waals surface area contributed by atoms with Crippen molar-refractivity contribution in [2.75, 3.05) is 12.3 Å². The molecule has 0 aromatic heterocycles. The van der Waals surface area contributed by atoms with Crippen LogP contribution in [0.4, 0.5) is 0 Å². The van der Waals surface area contributed by atoms with Gasteiger partial charge in [-0.1, -0.05) is 6.92 Å². The minimum atomic E-state index is -0.251. The van der Waals surface area contributed by atoms with E-state index in [-0.39, 0.29) is 11.7 Å². The quantitative estimate of drug-likeness (QED) is 0.583. The SMILES string of the molecule is CC1SCCC1N1CCC(=O)C1=O. The molecule has 0 aliphatic carbocycles. The summed E-state index contributed by atoms with van der Waals surface area (Å²) in [7, 11) is 0. The number of amides is 1. The Morgan fingerprint density at radius 1 is 1.46 bits per heavy atom. The van der Waals surface area contributed by atoms with Gasteiger partial charge in [-0.05, 0) is 12.2 Å². The topological polar surface area (TPSA) is 37.4 Å². The molecular weight excluding hydrogens is 186 g/mol. The number of Topliss-reactive ketones (excluding diaryl/α,β-unsaturated/α-hetero) is 1. The lowest BCUT2D eigenvalue weighted by Gasteiger charge is -2.25. The molecule has 2 heterocycles. The standard InChI is InChI=1S/C9H13NO2S/c1-6-7(3-5-13-6)10-4-2-8(11)9(10)12/h6-7H,2-5H2,1H3. The molecule has 2 unspecified atom stereocenters. The van der Waals surface area contributed by atoms with E-state index < -0.39 is 0 Å². The van der Waals surface area contributed by atoms with E-state index in [0.29, 0.717) is 24.3 Å². The van der Waals surface area contributed by atoms with Crippen molar-refractivity contribution in [2.24, 2.45) is 0 Å². The largest absolute Gasteiger partial charge is 0.332 e. The lowest BCUT2D eigenvalue weighted by molar-refractivity contribution is -0.141. The van der Waals surface area contributed by atoms with Crippen molar-refractivity contribution >= 4 is 23.5 Å². The van der Waals surface area contributed by atoms with Crippen LogP contribution >= 0.6 is 11.8 Å². The Morgan fingerprint density at radius 2 is 2.23 bits per heavy atom. The molecule has 2 aliphatic rings.